The molecule has 1 saturated carbocycles. The van der Waals surface area contributed by atoms with E-state index in [4.69, 9.17) is 5.14 Å². The summed E-state index contributed by atoms with van der Waals surface area (Å²) in [7, 11) is 0. The Kier molecular flexibility index (Phi) is 4.60. The van der Waals surface area contributed by atoms with Gasteiger partial charge in [-0.15, -0.1) is 0 Å². The van der Waals surface area contributed by atoms with Crippen LogP contribution in [0.15, 0.2) is 18.6 Å². The first-order valence-corrected chi connectivity index (χ1v) is 9.67. The first-order chi connectivity index (χ1) is 13.1. The molecule has 2 atom stereocenters. The van der Waals surface area contributed by atoms with Crippen LogP contribution in [-0.4, -0.2) is 66.2 Å². The van der Waals surface area contributed by atoms with Gasteiger partial charge in [0.2, 0.25) is 0 Å². The highest BCUT2D eigenvalue weighted by molar-refractivity contribution is 7.80. The SMILES string of the molecule is NS(=O)N(CC(O)C(F)(F)F)C1CC2(C1)CN(c1ncnn3ccc(F)c13)C2. The van der Waals surface area contributed by atoms with Crippen molar-refractivity contribution in [3.8, 4) is 0 Å². The Hall–Kier alpha value is -1.83. The number of aliphatic hydroxyl groups is 1. The van der Waals surface area contributed by atoms with Gasteiger partial charge in [0.25, 0.3) is 0 Å². The number of aliphatic hydroxyl groups excluding tert-OH is 1. The number of halogens is 4. The molecular formula is C15H18F4N6O2S. The van der Waals surface area contributed by atoms with E-state index >= 15 is 0 Å². The Balaban J connectivity index is 1.40. The van der Waals surface area contributed by atoms with E-state index in [0.29, 0.717) is 31.7 Å². The largest absolute Gasteiger partial charge is 0.415 e. The monoisotopic (exact) mass is 422 g/mol. The Labute approximate surface area is 159 Å². The Morgan fingerprint density at radius 3 is 2.71 bits per heavy atom. The molecule has 2 aliphatic rings. The zero-order valence-electron chi connectivity index (χ0n) is 14.5. The first-order valence-electron chi connectivity index (χ1n) is 8.50. The molecule has 8 nitrogen and oxygen atoms in total. The highest BCUT2D eigenvalue weighted by Gasteiger charge is 2.56. The zero-order chi connectivity index (χ0) is 20.3. The topological polar surface area (TPSA) is 100.0 Å². The molecule has 0 aromatic carbocycles. The molecule has 154 valence electrons. The molecule has 1 aliphatic carbocycles. The van der Waals surface area contributed by atoms with Crippen molar-refractivity contribution in [3.63, 3.8) is 0 Å². The number of anilines is 1. The van der Waals surface area contributed by atoms with Crippen molar-refractivity contribution in [2.24, 2.45) is 10.6 Å². The third-order valence-electron chi connectivity index (χ3n) is 5.44. The fourth-order valence-electron chi connectivity index (χ4n) is 4.09. The summed E-state index contributed by atoms with van der Waals surface area (Å²) in [4.78, 5) is 6.03. The van der Waals surface area contributed by atoms with Crippen LogP contribution in [0.1, 0.15) is 12.8 Å². The lowest BCUT2D eigenvalue weighted by molar-refractivity contribution is -0.207. The lowest BCUT2D eigenvalue weighted by atomic mass is 9.60. The van der Waals surface area contributed by atoms with Gasteiger partial charge in [-0.2, -0.15) is 18.3 Å². The summed E-state index contributed by atoms with van der Waals surface area (Å²) in [5.74, 6) is 0.0206. The van der Waals surface area contributed by atoms with Gasteiger partial charge in [-0.25, -0.2) is 27.5 Å². The van der Waals surface area contributed by atoms with E-state index in [1.807, 2.05) is 4.90 Å². The maximum Gasteiger partial charge on any atom is 0.415 e. The van der Waals surface area contributed by atoms with Gasteiger partial charge >= 0.3 is 6.18 Å². The second-order valence-electron chi connectivity index (χ2n) is 7.39. The molecule has 2 fully saturated rings. The lowest BCUT2D eigenvalue weighted by Crippen LogP contribution is -2.68. The van der Waals surface area contributed by atoms with Crippen molar-refractivity contribution in [1.82, 2.24) is 18.9 Å². The van der Waals surface area contributed by atoms with E-state index in [1.165, 1.54) is 23.1 Å². The van der Waals surface area contributed by atoms with E-state index < -0.39 is 41.9 Å². The smallest absolute Gasteiger partial charge is 0.382 e. The highest BCUT2D eigenvalue weighted by atomic mass is 32.2. The Morgan fingerprint density at radius 1 is 1.43 bits per heavy atom. The molecule has 4 rings (SSSR count). The molecule has 0 bridgehead atoms. The molecule has 3 heterocycles. The van der Waals surface area contributed by atoms with Crippen molar-refractivity contribution < 1.29 is 26.9 Å². The number of aromatic nitrogens is 3. The third kappa shape index (κ3) is 3.25. The van der Waals surface area contributed by atoms with Crippen LogP contribution in [0.25, 0.3) is 5.52 Å². The first kappa shape index (κ1) is 19.5. The molecule has 0 radical (unpaired) electrons. The van der Waals surface area contributed by atoms with Crippen LogP contribution in [0.2, 0.25) is 0 Å². The molecule has 2 aromatic rings. The van der Waals surface area contributed by atoms with Crippen molar-refractivity contribution in [2.75, 3.05) is 24.5 Å². The minimum absolute atomic E-state index is 0.170. The normalized spacial score (nSPS) is 21.8. The van der Waals surface area contributed by atoms with Gasteiger partial charge in [0, 0.05) is 37.3 Å². The standard InChI is InChI=1S/C15H18F4N6O2S/c16-10-1-2-24-12(10)13(21-8-22-24)23-6-14(7-23)3-9(4-14)25(28(20)27)5-11(26)15(17,18)19/h1-2,8-9,11,26H,3-7,20H2. The number of rotatable bonds is 5. The lowest BCUT2D eigenvalue weighted by Gasteiger charge is -2.60. The minimum Gasteiger partial charge on any atom is -0.382 e. The maximum atomic E-state index is 14.0. The van der Waals surface area contributed by atoms with Crippen LogP contribution in [0, 0.1) is 11.2 Å². The predicted octanol–water partition coefficient (Wildman–Crippen LogP) is 0.600. The molecule has 1 spiro atoms. The van der Waals surface area contributed by atoms with Gasteiger partial charge in [-0.1, -0.05) is 0 Å². The van der Waals surface area contributed by atoms with Crippen molar-refractivity contribution in [1.29, 1.82) is 0 Å². The summed E-state index contributed by atoms with van der Waals surface area (Å²) in [5.41, 5.74) is 0.0995. The molecule has 0 amide bonds. The maximum absolute atomic E-state index is 14.0. The van der Waals surface area contributed by atoms with Gasteiger partial charge in [-0.05, 0) is 18.9 Å². The van der Waals surface area contributed by atoms with Gasteiger partial charge in [-0.3, -0.25) is 0 Å². The van der Waals surface area contributed by atoms with Crippen molar-refractivity contribution in [3.05, 3.63) is 24.4 Å². The molecule has 1 aliphatic heterocycles. The summed E-state index contributed by atoms with van der Waals surface area (Å²) < 4.78 is 65.8. The molecule has 2 unspecified atom stereocenters. The number of nitrogens with two attached hydrogens (primary N) is 1. The van der Waals surface area contributed by atoms with E-state index in [2.05, 4.69) is 10.1 Å². The number of hydrogen-bond acceptors (Lipinski definition) is 5. The van der Waals surface area contributed by atoms with E-state index in [0.717, 1.165) is 4.31 Å². The van der Waals surface area contributed by atoms with Crippen LogP contribution in [0.3, 0.4) is 0 Å². The molecular weight excluding hydrogens is 404 g/mol. The summed E-state index contributed by atoms with van der Waals surface area (Å²) in [5, 5.41) is 18.5. The van der Waals surface area contributed by atoms with Gasteiger partial charge in [0.05, 0.1) is 0 Å². The highest BCUT2D eigenvalue weighted by Crippen LogP contribution is 2.51. The van der Waals surface area contributed by atoms with E-state index in [1.54, 1.807) is 0 Å². The average Bonchev–Trinajstić information content (AvgIpc) is 2.92. The van der Waals surface area contributed by atoms with Crippen LogP contribution in [0.5, 0.6) is 0 Å². The molecule has 13 heteroatoms. The van der Waals surface area contributed by atoms with Gasteiger partial charge in [0.15, 0.2) is 28.9 Å². The Morgan fingerprint density at radius 2 is 2.11 bits per heavy atom. The molecule has 28 heavy (non-hydrogen) atoms. The van der Waals surface area contributed by atoms with E-state index in [9.17, 15) is 26.9 Å². The fraction of sp³-hybridized carbons (Fsp3) is 0.600. The second kappa shape index (κ2) is 6.61. The van der Waals surface area contributed by atoms with Gasteiger partial charge < -0.3 is 10.0 Å². The predicted molar refractivity (Wildman–Crippen MR) is 91.7 cm³/mol. The van der Waals surface area contributed by atoms with Gasteiger partial charge in [0.1, 0.15) is 11.8 Å². The van der Waals surface area contributed by atoms with E-state index in [-0.39, 0.29) is 10.9 Å². The fourth-order valence-corrected chi connectivity index (χ4v) is 4.82. The molecule has 2 aromatic heterocycles. The third-order valence-corrected chi connectivity index (χ3v) is 6.35. The molecule has 3 N–H and O–H groups in total. The number of fused-ring (bicyclic) bond motifs is 1. The van der Waals surface area contributed by atoms with Crippen LogP contribution in [-0.2, 0) is 11.2 Å². The number of hydrogen-bond donors (Lipinski definition) is 2. The van der Waals surface area contributed by atoms with Crippen molar-refractivity contribution >= 4 is 22.5 Å². The second-order valence-corrected chi connectivity index (χ2v) is 8.41. The summed E-state index contributed by atoms with van der Waals surface area (Å²) in [6, 6.07) is 0.878. The van der Waals surface area contributed by atoms with Crippen LogP contribution in [0.4, 0.5) is 23.4 Å². The summed E-state index contributed by atoms with van der Waals surface area (Å²) >= 11 is -2.12. The van der Waals surface area contributed by atoms with Crippen LogP contribution >= 0.6 is 0 Å². The zero-order valence-corrected chi connectivity index (χ0v) is 15.3. The van der Waals surface area contributed by atoms with Crippen LogP contribution < -0.4 is 10.0 Å². The minimum atomic E-state index is -4.80. The average molecular weight is 422 g/mol. The number of alkyl halides is 3. The van der Waals surface area contributed by atoms with Crippen molar-refractivity contribution in [2.45, 2.75) is 31.2 Å². The Bertz CT molecular complexity index is 908. The molecule has 1 saturated heterocycles. The summed E-state index contributed by atoms with van der Waals surface area (Å²) in [6.07, 6.45) is -3.61. The summed E-state index contributed by atoms with van der Waals surface area (Å²) in [6.45, 7) is 0.264. The number of nitrogens with zero attached hydrogens (tertiary/aromatic N) is 5. The quantitative estimate of drug-likeness (QED) is 0.688.